The first-order valence-corrected chi connectivity index (χ1v) is 7.77. The zero-order valence-corrected chi connectivity index (χ0v) is 12.6. The standard InChI is InChI=1S/C15H28N2O2/c1-4-19-11-7-10-17-13(12(2)3)16-15(14(17)18)8-5-6-9-15/h12-13,16H,4-11H2,1-3H3. The van der Waals surface area contributed by atoms with Crippen LogP contribution in [-0.4, -0.2) is 42.3 Å². The van der Waals surface area contributed by atoms with Gasteiger partial charge in [-0.1, -0.05) is 26.7 Å². The summed E-state index contributed by atoms with van der Waals surface area (Å²) in [5.74, 6) is 0.788. The van der Waals surface area contributed by atoms with E-state index in [-0.39, 0.29) is 11.7 Å². The molecular weight excluding hydrogens is 240 g/mol. The van der Waals surface area contributed by atoms with E-state index >= 15 is 0 Å². The Morgan fingerprint density at radius 3 is 2.68 bits per heavy atom. The largest absolute Gasteiger partial charge is 0.382 e. The molecule has 2 rings (SSSR count). The van der Waals surface area contributed by atoms with Crippen LogP contribution in [0.2, 0.25) is 0 Å². The number of rotatable bonds is 6. The van der Waals surface area contributed by atoms with Crippen LogP contribution < -0.4 is 5.32 Å². The molecule has 1 saturated heterocycles. The predicted molar refractivity (Wildman–Crippen MR) is 75.8 cm³/mol. The van der Waals surface area contributed by atoms with Crippen molar-refractivity contribution in [2.24, 2.45) is 5.92 Å². The van der Waals surface area contributed by atoms with Gasteiger partial charge in [0.15, 0.2) is 0 Å². The number of amides is 1. The van der Waals surface area contributed by atoms with Crippen LogP contribution >= 0.6 is 0 Å². The van der Waals surface area contributed by atoms with Gasteiger partial charge in [-0.15, -0.1) is 0 Å². The number of hydrogen-bond acceptors (Lipinski definition) is 3. The average Bonchev–Trinajstić information content (AvgIpc) is 2.95. The molecule has 0 aromatic carbocycles. The summed E-state index contributed by atoms with van der Waals surface area (Å²) in [6.07, 6.45) is 5.51. The molecule has 2 fully saturated rings. The normalized spacial score (nSPS) is 26.0. The van der Waals surface area contributed by atoms with Gasteiger partial charge >= 0.3 is 0 Å². The fraction of sp³-hybridized carbons (Fsp3) is 0.933. The van der Waals surface area contributed by atoms with Crippen molar-refractivity contribution in [2.75, 3.05) is 19.8 Å². The van der Waals surface area contributed by atoms with Crippen molar-refractivity contribution in [1.29, 1.82) is 0 Å². The third-order valence-electron chi connectivity index (χ3n) is 4.41. The van der Waals surface area contributed by atoms with E-state index in [1.165, 1.54) is 12.8 Å². The van der Waals surface area contributed by atoms with E-state index in [0.29, 0.717) is 11.8 Å². The highest BCUT2D eigenvalue weighted by Crippen LogP contribution is 2.37. The molecule has 1 N–H and O–H groups in total. The highest BCUT2D eigenvalue weighted by Gasteiger charge is 2.52. The van der Waals surface area contributed by atoms with Gasteiger partial charge in [0.1, 0.15) is 0 Å². The monoisotopic (exact) mass is 268 g/mol. The van der Waals surface area contributed by atoms with Crippen LogP contribution in [0.1, 0.15) is 52.9 Å². The minimum absolute atomic E-state index is 0.201. The predicted octanol–water partition coefficient (Wildman–Crippen LogP) is 2.14. The number of nitrogens with zero attached hydrogens (tertiary/aromatic N) is 1. The quantitative estimate of drug-likeness (QED) is 0.750. The molecule has 1 unspecified atom stereocenters. The van der Waals surface area contributed by atoms with Gasteiger partial charge < -0.3 is 9.64 Å². The molecule has 1 aliphatic heterocycles. The molecule has 4 heteroatoms. The van der Waals surface area contributed by atoms with E-state index in [0.717, 1.165) is 39.0 Å². The Balaban J connectivity index is 1.99. The molecule has 1 atom stereocenters. The Morgan fingerprint density at radius 1 is 1.42 bits per heavy atom. The van der Waals surface area contributed by atoms with Gasteiger partial charge in [0.25, 0.3) is 0 Å². The fourth-order valence-electron chi connectivity index (χ4n) is 3.41. The van der Waals surface area contributed by atoms with Gasteiger partial charge in [-0.3, -0.25) is 10.1 Å². The second-order valence-corrected chi connectivity index (χ2v) is 6.17. The van der Waals surface area contributed by atoms with E-state index in [1.54, 1.807) is 0 Å². The first-order valence-electron chi connectivity index (χ1n) is 7.77. The van der Waals surface area contributed by atoms with Gasteiger partial charge in [-0.25, -0.2) is 0 Å². The number of carbonyl (C=O) groups is 1. The zero-order chi connectivity index (χ0) is 13.9. The van der Waals surface area contributed by atoms with Crippen LogP contribution in [0.3, 0.4) is 0 Å². The molecule has 1 saturated carbocycles. The van der Waals surface area contributed by atoms with Crippen LogP contribution in [0.15, 0.2) is 0 Å². The van der Waals surface area contributed by atoms with E-state index < -0.39 is 0 Å². The van der Waals surface area contributed by atoms with Gasteiger partial charge in [-0.2, -0.15) is 0 Å². The SMILES string of the molecule is CCOCCCN1C(=O)C2(CCCC2)NC1C(C)C. The van der Waals surface area contributed by atoms with Gasteiger partial charge in [0.2, 0.25) is 5.91 Å². The molecule has 1 spiro atoms. The molecule has 0 aromatic rings. The van der Waals surface area contributed by atoms with Crippen LogP contribution in [-0.2, 0) is 9.53 Å². The highest BCUT2D eigenvalue weighted by atomic mass is 16.5. The summed E-state index contributed by atoms with van der Waals surface area (Å²) in [4.78, 5) is 14.8. The van der Waals surface area contributed by atoms with Crippen molar-refractivity contribution in [2.45, 2.75) is 64.6 Å². The molecule has 0 radical (unpaired) electrons. The van der Waals surface area contributed by atoms with Crippen molar-refractivity contribution in [1.82, 2.24) is 10.2 Å². The summed E-state index contributed by atoms with van der Waals surface area (Å²) in [5.41, 5.74) is -0.236. The molecule has 1 heterocycles. The summed E-state index contributed by atoms with van der Waals surface area (Å²) in [5, 5.41) is 3.64. The average molecular weight is 268 g/mol. The van der Waals surface area contributed by atoms with E-state index in [9.17, 15) is 4.79 Å². The second kappa shape index (κ2) is 6.23. The number of nitrogens with one attached hydrogen (secondary N) is 1. The van der Waals surface area contributed by atoms with Gasteiger partial charge in [0, 0.05) is 19.8 Å². The van der Waals surface area contributed by atoms with Gasteiger partial charge in [-0.05, 0) is 32.1 Å². The van der Waals surface area contributed by atoms with Crippen molar-refractivity contribution in [3.8, 4) is 0 Å². The molecule has 19 heavy (non-hydrogen) atoms. The maximum Gasteiger partial charge on any atom is 0.244 e. The summed E-state index contributed by atoms with van der Waals surface area (Å²) >= 11 is 0. The lowest BCUT2D eigenvalue weighted by atomic mass is 9.98. The minimum Gasteiger partial charge on any atom is -0.382 e. The highest BCUT2D eigenvalue weighted by molar-refractivity contribution is 5.89. The molecule has 4 nitrogen and oxygen atoms in total. The Hall–Kier alpha value is -0.610. The molecule has 0 aromatic heterocycles. The smallest absolute Gasteiger partial charge is 0.244 e. The zero-order valence-electron chi connectivity index (χ0n) is 12.6. The van der Waals surface area contributed by atoms with E-state index in [2.05, 4.69) is 24.1 Å². The van der Waals surface area contributed by atoms with Crippen molar-refractivity contribution in [3.63, 3.8) is 0 Å². The summed E-state index contributed by atoms with van der Waals surface area (Å²) < 4.78 is 5.38. The molecule has 2 aliphatic rings. The fourth-order valence-corrected chi connectivity index (χ4v) is 3.41. The number of hydrogen-bond donors (Lipinski definition) is 1. The lowest BCUT2D eigenvalue weighted by Gasteiger charge is -2.27. The molecule has 0 bridgehead atoms. The van der Waals surface area contributed by atoms with Crippen molar-refractivity contribution in [3.05, 3.63) is 0 Å². The summed E-state index contributed by atoms with van der Waals surface area (Å²) in [6, 6.07) is 0. The Morgan fingerprint density at radius 2 is 2.11 bits per heavy atom. The van der Waals surface area contributed by atoms with Crippen LogP contribution in [0.25, 0.3) is 0 Å². The molecule has 1 aliphatic carbocycles. The number of ether oxygens (including phenoxy) is 1. The maximum atomic E-state index is 12.7. The number of carbonyl (C=O) groups excluding carboxylic acids is 1. The minimum atomic E-state index is -0.236. The molecule has 110 valence electrons. The molecule has 1 amide bonds. The molecular formula is C15H28N2O2. The van der Waals surface area contributed by atoms with E-state index in [4.69, 9.17) is 4.74 Å². The summed E-state index contributed by atoms with van der Waals surface area (Å²) in [6.45, 7) is 8.70. The van der Waals surface area contributed by atoms with Crippen LogP contribution in [0.5, 0.6) is 0 Å². The van der Waals surface area contributed by atoms with Crippen LogP contribution in [0.4, 0.5) is 0 Å². The third-order valence-corrected chi connectivity index (χ3v) is 4.41. The lowest BCUT2D eigenvalue weighted by Crippen LogP contribution is -2.45. The first-order chi connectivity index (χ1) is 9.10. The van der Waals surface area contributed by atoms with Gasteiger partial charge in [0.05, 0.1) is 11.7 Å². The Kier molecular flexibility index (Phi) is 4.85. The topological polar surface area (TPSA) is 41.6 Å². The van der Waals surface area contributed by atoms with Crippen molar-refractivity contribution < 1.29 is 9.53 Å². The van der Waals surface area contributed by atoms with Crippen molar-refractivity contribution >= 4 is 5.91 Å². The summed E-state index contributed by atoms with van der Waals surface area (Å²) in [7, 11) is 0. The Labute approximate surface area is 116 Å². The van der Waals surface area contributed by atoms with Crippen LogP contribution in [0, 0.1) is 5.92 Å². The second-order valence-electron chi connectivity index (χ2n) is 6.17. The lowest BCUT2D eigenvalue weighted by molar-refractivity contribution is -0.133. The first kappa shape index (κ1) is 14.8. The maximum absolute atomic E-state index is 12.7. The third kappa shape index (κ3) is 2.95. The Bertz CT molecular complexity index is 311. The van der Waals surface area contributed by atoms with E-state index in [1.807, 2.05) is 6.92 Å².